The molecular weight excluding hydrogens is 432 g/mol. The van der Waals surface area contributed by atoms with Gasteiger partial charge in [0.1, 0.15) is 15.7 Å². The Kier molecular flexibility index (Phi) is 8.86. The second kappa shape index (κ2) is 11.6. The summed E-state index contributed by atoms with van der Waals surface area (Å²) >= 11 is 0. The molecule has 0 saturated carbocycles. The van der Waals surface area contributed by atoms with Crippen LogP contribution in [0.4, 0.5) is 5.82 Å². The molecule has 0 aliphatic carbocycles. The highest BCUT2D eigenvalue weighted by atomic mass is 32.2. The van der Waals surface area contributed by atoms with Crippen LogP contribution >= 0.6 is 0 Å². The first-order valence-corrected chi connectivity index (χ1v) is 13.3. The van der Waals surface area contributed by atoms with E-state index in [0.29, 0.717) is 29.2 Å². The molecule has 0 unspecified atom stereocenters. The van der Waals surface area contributed by atoms with Crippen LogP contribution in [0.15, 0.2) is 18.3 Å². The number of rotatable bonds is 4. The summed E-state index contributed by atoms with van der Waals surface area (Å²) in [7, 11) is -2.80. The second-order valence-electron chi connectivity index (χ2n) is 8.73. The quantitative estimate of drug-likeness (QED) is 0.645. The van der Waals surface area contributed by atoms with Crippen molar-refractivity contribution < 1.29 is 23.1 Å². The minimum absolute atomic E-state index is 0.109. The highest BCUT2D eigenvalue weighted by Gasteiger charge is 2.30. The number of hydrogen-bond donors (Lipinski definition) is 2. The number of likely N-dealkylation sites (tertiary alicyclic amines) is 2. The van der Waals surface area contributed by atoms with Gasteiger partial charge >= 0.3 is 0 Å². The first kappa shape index (κ1) is 24.4. The number of carbonyl (C=O) groups is 2. The number of nitrogens with zero attached hydrogens (tertiary/aromatic N) is 3. The number of amides is 1. The smallest absolute Gasteiger partial charge is 0.290 e. The van der Waals surface area contributed by atoms with Gasteiger partial charge in [-0.1, -0.05) is 0 Å². The summed E-state index contributed by atoms with van der Waals surface area (Å²) in [4.78, 5) is 29.9. The van der Waals surface area contributed by atoms with Crippen molar-refractivity contribution in [1.29, 1.82) is 0 Å². The molecule has 3 aliphatic rings. The lowest BCUT2D eigenvalue weighted by molar-refractivity contribution is -0.122. The largest absolute Gasteiger partial charge is 0.483 e. The number of hydrogen-bond acceptors (Lipinski definition) is 7. The molecule has 10 heteroatoms. The van der Waals surface area contributed by atoms with Gasteiger partial charge in [-0.2, -0.15) is 0 Å². The maximum absolute atomic E-state index is 12.7. The predicted molar refractivity (Wildman–Crippen MR) is 123 cm³/mol. The highest BCUT2D eigenvalue weighted by Crippen LogP contribution is 2.24. The van der Waals surface area contributed by atoms with E-state index in [9.17, 15) is 13.2 Å². The van der Waals surface area contributed by atoms with Crippen LogP contribution in [0.5, 0.6) is 0 Å². The van der Waals surface area contributed by atoms with Crippen molar-refractivity contribution in [1.82, 2.24) is 14.8 Å². The number of carboxylic acid groups (broad SMARTS) is 1. The Labute approximate surface area is 190 Å². The molecule has 2 N–H and O–H groups in total. The zero-order valence-electron chi connectivity index (χ0n) is 18.5. The Morgan fingerprint density at radius 2 is 1.69 bits per heavy atom. The van der Waals surface area contributed by atoms with Crippen molar-refractivity contribution in [2.45, 2.75) is 57.0 Å². The number of anilines is 1. The molecule has 0 aromatic carbocycles. The zero-order chi connectivity index (χ0) is 23.0. The molecule has 9 nitrogen and oxygen atoms in total. The lowest BCUT2D eigenvalue weighted by Crippen LogP contribution is -2.47. The van der Waals surface area contributed by atoms with Crippen LogP contribution < -0.4 is 5.32 Å². The van der Waals surface area contributed by atoms with E-state index in [1.165, 1.54) is 6.42 Å². The van der Waals surface area contributed by atoms with Crippen LogP contribution in [0.2, 0.25) is 0 Å². The molecule has 4 rings (SSSR count). The maximum atomic E-state index is 12.7. The summed E-state index contributed by atoms with van der Waals surface area (Å²) in [6.07, 6.45) is 8.66. The first-order valence-electron chi connectivity index (χ1n) is 11.5. The Balaban J connectivity index is 0.000000913. The molecule has 1 amide bonds. The van der Waals surface area contributed by atoms with Crippen LogP contribution in [0.3, 0.4) is 0 Å². The first-order chi connectivity index (χ1) is 15.4. The molecule has 178 valence electrons. The predicted octanol–water partition coefficient (Wildman–Crippen LogP) is 1.86. The minimum Gasteiger partial charge on any atom is -0.483 e. The van der Waals surface area contributed by atoms with Crippen LogP contribution in [0.1, 0.15) is 55.3 Å². The van der Waals surface area contributed by atoms with Crippen molar-refractivity contribution in [2.24, 2.45) is 0 Å². The van der Waals surface area contributed by atoms with Gasteiger partial charge in [0.2, 0.25) is 0 Å². The van der Waals surface area contributed by atoms with Crippen molar-refractivity contribution in [2.75, 3.05) is 43.0 Å². The molecule has 3 saturated heterocycles. The van der Waals surface area contributed by atoms with E-state index in [4.69, 9.17) is 9.90 Å². The van der Waals surface area contributed by atoms with Gasteiger partial charge in [0.15, 0.2) is 0 Å². The van der Waals surface area contributed by atoms with E-state index in [2.05, 4.69) is 15.2 Å². The molecular formula is C22H34N4O5S. The molecule has 4 heterocycles. The normalized spacial score (nSPS) is 22.4. The number of piperidine rings is 2. The van der Waals surface area contributed by atoms with Crippen LogP contribution in [-0.4, -0.2) is 90.5 Å². The fourth-order valence-corrected chi connectivity index (χ4v) is 6.25. The Morgan fingerprint density at radius 1 is 1.06 bits per heavy atom. The number of aromatic nitrogens is 1. The summed E-state index contributed by atoms with van der Waals surface area (Å²) in [6.45, 7) is 3.42. The number of nitrogens with one attached hydrogen (secondary N) is 1. The fourth-order valence-electron chi connectivity index (χ4n) is 4.78. The third-order valence-corrected chi connectivity index (χ3v) is 8.29. The molecule has 1 aromatic heterocycles. The van der Waals surface area contributed by atoms with E-state index in [1.807, 2.05) is 17.0 Å². The molecule has 0 radical (unpaired) electrons. The average Bonchev–Trinajstić information content (AvgIpc) is 2.81. The summed E-state index contributed by atoms with van der Waals surface area (Å²) in [6, 6.07) is 4.44. The Morgan fingerprint density at radius 3 is 2.31 bits per heavy atom. The van der Waals surface area contributed by atoms with E-state index < -0.39 is 9.84 Å². The zero-order valence-corrected chi connectivity index (χ0v) is 19.3. The van der Waals surface area contributed by atoms with Gasteiger partial charge in [0.05, 0.1) is 11.5 Å². The molecule has 0 spiro atoms. The third-order valence-electron chi connectivity index (χ3n) is 6.57. The topological polar surface area (TPSA) is 120 Å². The van der Waals surface area contributed by atoms with E-state index >= 15 is 0 Å². The summed E-state index contributed by atoms with van der Waals surface area (Å²) < 4.78 is 23.3. The number of carbonyl (C=O) groups excluding carboxylic acids is 1. The van der Waals surface area contributed by atoms with Crippen molar-refractivity contribution in [3.8, 4) is 0 Å². The SMILES string of the molecule is O=C(c1ccnc(NC2CCN(C3CCS(=O)(=O)CC3)CC2)c1)N1CCCCC1.O=CO. The molecule has 3 fully saturated rings. The summed E-state index contributed by atoms with van der Waals surface area (Å²) in [5.41, 5.74) is 0.713. The number of pyridine rings is 1. The van der Waals surface area contributed by atoms with E-state index in [0.717, 1.165) is 70.5 Å². The molecule has 1 aromatic rings. The standard InChI is InChI=1S/C21H32N4O3S.CH2O2/c26-21(25-10-2-1-3-11-25)17-4-9-22-20(16-17)23-18-5-12-24(13-6-18)19-7-14-29(27,28)15-8-19;2-1-3/h4,9,16,18-19H,1-3,5-8,10-15H2,(H,22,23);1H,(H,2,3). The molecule has 0 atom stereocenters. The molecule has 32 heavy (non-hydrogen) atoms. The average molecular weight is 467 g/mol. The lowest BCUT2D eigenvalue weighted by atomic mass is 10.0. The highest BCUT2D eigenvalue weighted by molar-refractivity contribution is 7.91. The number of sulfone groups is 1. The minimum atomic E-state index is -2.80. The van der Waals surface area contributed by atoms with Gasteiger partial charge in [-0.25, -0.2) is 13.4 Å². The molecule has 0 bridgehead atoms. The lowest BCUT2D eigenvalue weighted by Gasteiger charge is -2.39. The van der Waals surface area contributed by atoms with Gasteiger partial charge in [-0.15, -0.1) is 0 Å². The summed E-state index contributed by atoms with van der Waals surface area (Å²) in [5.74, 6) is 1.54. The van der Waals surface area contributed by atoms with Gasteiger partial charge < -0.3 is 20.2 Å². The van der Waals surface area contributed by atoms with Crippen LogP contribution in [-0.2, 0) is 14.6 Å². The Hall–Kier alpha value is -2.20. The van der Waals surface area contributed by atoms with Gasteiger partial charge in [0.25, 0.3) is 12.4 Å². The molecule has 3 aliphatic heterocycles. The fraction of sp³-hybridized carbons (Fsp3) is 0.682. The van der Waals surface area contributed by atoms with Gasteiger partial charge in [-0.05, 0) is 57.1 Å². The van der Waals surface area contributed by atoms with Gasteiger partial charge in [-0.3, -0.25) is 9.59 Å². The van der Waals surface area contributed by atoms with Crippen LogP contribution in [0, 0.1) is 0 Å². The van der Waals surface area contributed by atoms with E-state index in [1.54, 1.807) is 6.20 Å². The maximum Gasteiger partial charge on any atom is 0.290 e. The van der Waals surface area contributed by atoms with Crippen LogP contribution in [0.25, 0.3) is 0 Å². The summed E-state index contributed by atoms with van der Waals surface area (Å²) in [5, 5.41) is 10.4. The third kappa shape index (κ3) is 6.90. The van der Waals surface area contributed by atoms with Crippen molar-refractivity contribution in [3.63, 3.8) is 0 Å². The van der Waals surface area contributed by atoms with Gasteiger partial charge in [0, 0.05) is 50.0 Å². The van der Waals surface area contributed by atoms with E-state index in [-0.39, 0.29) is 12.4 Å². The van der Waals surface area contributed by atoms with Crippen molar-refractivity contribution in [3.05, 3.63) is 23.9 Å². The Bertz CT molecular complexity index is 851. The van der Waals surface area contributed by atoms with Crippen molar-refractivity contribution >= 4 is 28.0 Å². The monoisotopic (exact) mass is 466 g/mol. The second-order valence-corrected chi connectivity index (χ2v) is 11.0.